The number of rotatable bonds is 3. The lowest BCUT2D eigenvalue weighted by molar-refractivity contribution is 0.0333. The first-order chi connectivity index (χ1) is 12.5. The van der Waals surface area contributed by atoms with Crippen molar-refractivity contribution in [2.75, 3.05) is 18.5 Å². The molecule has 3 heteroatoms. The highest BCUT2D eigenvalue weighted by atomic mass is 16.3. The van der Waals surface area contributed by atoms with E-state index in [2.05, 4.69) is 0 Å². The molecular weight excluding hydrogens is 322 g/mol. The first-order valence-electron chi connectivity index (χ1n) is 8.74. The molecule has 0 amide bonds. The predicted octanol–water partition coefficient (Wildman–Crippen LogP) is 4.18. The van der Waals surface area contributed by atoms with E-state index in [1.165, 1.54) is 5.56 Å². The van der Waals surface area contributed by atoms with Crippen molar-refractivity contribution < 1.29 is 9.90 Å². The Balaban J connectivity index is 1.80. The van der Waals surface area contributed by atoms with E-state index >= 15 is 0 Å². The van der Waals surface area contributed by atoms with Crippen molar-refractivity contribution in [3.05, 3.63) is 89.5 Å². The molecule has 0 spiro atoms. The number of nitrogens with zero attached hydrogens (tertiary/aromatic N) is 1. The van der Waals surface area contributed by atoms with Crippen LogP contribution in [0.1, 0.15) is 21.5 Å². The van der Waals surface area contributed by atoms with Crippen LogP contribution in [0.5, 0.6) is 0 Å². The zero-order chi connectivity index (χ0) is 18.3. The maximum absolute atomic E-state index is 13.2. The minimum absolute atomic E-state index is 0.195. The number of anilines is 1. The van der Waals surface area contributed by atoms with Crippen LogP contribution in [0.3, 0.4) is 0 Å². The van der Waals surface area contributed by atoms with E-state index in [1.54, 1.807) is 6.07 Å². The molecule has 0 aliphatic heterocycles. The van der Waals surface area contributed by atoms with Crippen LogP contribution in [0, 0.1) is 6.92 Å². The van der Waals surface area contributed by atoms with Gasteiger partial charge in [-0.25, -0.2) is 0 Å². The van der Waals surface area contributed by atoms with Crippen LogP contribution in [0.2, 0.25) is 0 Å². The van der Waals surface area contributed by atoms with Crippen molar-refractivity contribution >= 4 is 11.5 Å². The predicted molar refractivity (Wildman–Crippen MR) is 105 cm³/mol. The van der Waals surface area contributed by atoms with Gasteiger partial charge in [-0.1, -0.05) is 66.2 Å². The lowest BCUT2D eigenvalue weighted by atomic mass is 9.74. The van der Waals surface area contributed by atoms with Gasteiger partial charge in [-0.05, 0) is 30.2 Å². The van der Waals surface area contributed by atoms with Crippen LogP contribution in [-0.2, 0) is 5.60 Å². The molecule has 3 aromatic rings. The summed E-state index contributed by atoms with van der Waals surface area (Å²) < 4.78 is 0. The van der Waals surface area contributed by atoms with E-state index < -0.39 is 5.60 Å². The Morgan fingerprint density at radius 3 is 2.12 bits per heavy atom. The summed E-state index contributed by atoms with van der Waals surface area (Å²) in [5.41, 5.74) is 3.61. The zero-order valence-corrected chi connectivity index (χ0v) is 14.9. The fraction of sp³-hybridized carbons (Fsp3) is 0.174. The average molecular weight is 343 g/mol. The molecule has 1 aliphatic carbocycles. The Hall–Kier alpha value is -2.91. The number of carbonyl (C=O) groups excluding carboxylic acids is 1. The molecule has 0 fully saturated rings. The third-order valence-corrected chi connectivity index (χ3v) is 5.15. The molecule has 0 heterocycles. The van der Waals surface area contributed by atoms with Gasteiger partial charge in [0.15, 0.2) is 5.60 Å². The second kappa shape index (κ2) is 6.11. The van der Waals surface area contributed by atoms with Gasteiger partial charge in [-0.15, -0.1) is 0 Å². The largest absolute Gasteiger partial charge is 0.375 e. The number of likely N-dealkylation sites (N-methyl/N-ethyl adjacent to an activating group) is 1. The summed E-state index contributed by atoms with van der Waals surface area (Å²) in [5, 5.41) is 11.5. The van der Waals surface area contributed by atoms with Crippen molar-refractivity contribution in [2.24, 2.45) is 0 Å². The Morgan fingerprint density at radius 1 is 0.846 bits per heavy atom. The highest BCUT2D eigenvalue weighted by molar-refractivity contribution is 6.12. The number of aryl methyl sites for hydroxylation is 1. The van der Waals surface area contributed by atoms with Crippen molar-refractivity contribution in [3.8, 4) is 11.1 Å². The number of ketones is 1. The summed E-state index contributed by atoms with van der Waals surface area (Å²) in [5.74, 6) is -0.245. The van der Waals surface area contributed by atoms with Gasteiger partial charge in [0.1, 0.15) is 0 Å². The molecular formula is C23H21NO2. The maximum Gasteiger partial charge on any atom is 0.201 e. The fourth-order valence-corrected chi connectivity index (χ4v) is 3.73. The number of hydrogen-bond acceptors (Lipinski definition) is 3. The van der Waals surface area contributed by atoms with Gasteiger partial charge in [-0.3, -0.25) is 4.79 Å². The van der Waals surface area contributed by atoms with Crippen molar-refractivity contribution in [3.63, 3.8) is 0 Å². The van der Waals surface area contributed by atoms with E-state index in [9.17, 15) is 9.90 Å². The third kappa shape index (κ3) is 2.52. The lowest BCUT2D eigenvalue weighted by Gasteiger charge is -2.37. The molecule has 1 aliphatic rings. The molecule has 4 rings (SSSR count). The normalized spacial score (nSPS) is 18.2. The second-order valence-electron chi connectivity index (χ2n) is 6.97. The van der Waals surface area contributed by atoms with Crippen molar-refractivity contribution in [1.82, 2.24) is 0 Å². The van der Waals surface area contributed by atoms with Crippen molar-refractivity contribution in [1.29, 1.82) is 0 Å². The monoisotopic (exact) mass is 343 g/mol. The molecule has 0 radical (unpaired) electrons. The van der Waals surface area contributed by atoms with Gasteiger partial charge >= 0.3 is 0 Å². The van der Waals surface area contributed by atoms with Crippen molar-refractivity contribution in [2.45, 2.75) is 12.5 Å². The second-order valence-corrected chi connectivity index (χ2v) is 6.97. The molecule has 1 atom stereocenters. The Bertz CT molecular complexity index is 978. The Labute approximate surface area is 153 Å². The molecule has 0 saturated carbocycles. The van der Waals surface area contributed by atoms with Gasteiger partial charge in [0, 0.05) is 23.9 Å². The standard InChI is InChI=1S/C23H21NO2/c1-16-11-13-17(14-12-16)24(2)15-23(26)21-10-6-5-8-19(21)18-7-3-4-9-20(18)22(23)25/h3-14,26H,15H2,1-2H3. The van der Waals surface area contributed by atoms with Gasteiger partial charge in [-0.2, -0.15) is 0 Å². The summed E-state index contributed by atoms with van der Waals surface area (Å²) >= 11 is 0. The summed E-state index contributed by atoms with van der Waals surface area (Å²) in [6.07, 6.45) is 0. The van der Waals surface area contributed by atoms with Gasteiger partial charge in [0.25, 0.3) is 0 Å². The smallest absolute Gasteiger partial charge is 0.201 e. The number of aliphatic hydroxyl groups is 1. The number of carbonyl (C=O) groups is 1. The first-order valence-corrected chi connectivity index (χ1v) is 8.74. The van der Waals surface area contributed by atoms with Crippen LogP contribution in [0.15, 0.2) is 72.8 Å². The number of benzene rings is 3. The highest BCUT2D eigenvalue weighted by Crippen LogP contribution is 2.42. The molecule has 3 nitrogen and oxygen atoms in total. The van der Waals surface area contributed by atoms with Gasteiger partial charge in [0.2, 0.25) is 5.78 Å². The van der Waals surface area contributed by atoms with E-state index in [0.717, 1.165) is 16.8 Å². The number of Topliss-reactive ketones (excluding diaryl/α,β-unsaturated/α-hetero) is 1. The minimum Gasteiger partial charge on any atom is -0.375 e. The first kappa shape index (κ1) is 16.6. The van der Waals surface area contributed by atoms with Gasteiger partial charge in [0.05, 0.1) is 6.54 Å². The van der Waals surface area contributed by atoms with Crippen LogP contribution in [0.4, 0.5) is 5.69 Å². The Kier molecular flexibility index (Phi) is 3.89. The number of fused-ring (bicyclic) bond motifs is 3. The zero-order valence-electron chi connectivity index (χ0n) is 14.9. The van der Waals surface area contributed by atoms with Crippen LogP contribution >= 0.6 is 0 Å². The van der Waals surface area contributed by atoms with Crippen LogP contribution < -0.4 is 4.90 Å². The fourth-order valence-electron chi connectivity index (χ4n) is 3.73. The topological polar surface area (TPSA) is 40.5 Å². The molecule has 0 bridgehead atoms. The van der Waals surface area contributed by atoms with E-state index in [4.69, 9.17) is 0 Å². The summed E-state index contributed by atoms with van der Waals surface area (Å²) in [6, 6.07) is 23.2. The molecule has 0 saturated heterocycles. The minimum atomic E-state index is -1.58. The lowest BCUT2D eigenvalue weighted by Crippen LogP contribution is -2.47. The quantitative estimate of drug-likeness (QED) is 0.775. The Morgan fingerprint density at radius 2 is 1.42 bits per heavy atom. The van der Waals surface area contributed by atoms with E-state index in [0.29, 0.717) is 11.1 Å². The third-order valence-electron chi connectivity index (χ3n) is 5.15. The summed E-state index contributed by atoms with van der Waals surface area (Å²) in [6.45, 7) is 2.23. The molecule has 1 N–H and O–H groups in total. The van der Waals surface area contributed by atoms with E-state index in [-0.39, 0.29) is 12.3 Å². The van der Waals surface area contributed by atoms with Crippen LogP contribution in [-0.4, -0.2) is 24.5 Å². The SMILES string of the molecule is Cc1ccc(N(C)CC2(O)C(=O)c3ccccc3-c3ccccc32)cc1. The molecule has 0 aromatic heterocycles. The van der Waals surface area contributed by atoms with Crippen LogP contribution in [0.25, 0.3) is 11.1 Å². The molecule has 1 unspecified atom stereocenters. The molecule has 3 aromatic carbocycles. The number of hydrogen-bond donors (Lipinski definition) is 1. The molecule has 26 heavy (non-hydrogen) atoms. The molecule has 130 valence electrons. The summed E-state index contributed by atoms with van der Waals surface area (Å²) in [7, 11) is 1.90. The summed E-state index contributed by atoms with van der Waals surface area (Å²) in [4.78, 5) is 15.2. The van der Waals surface area contributed by atoms with Gasteiger partial charge < -0.3 is 10.0 Å². The maximum atomic E-state index is 13.2. The van der Waals surface area contributed by atoms with E-state index in [1.807, 2.05) is 85.6 Å². The highest BCUT2D eigenvalue weighted by Gasteiger charge is 2.45. The average Bonchev–Trinajstić information content (AvgIpc) is 2.67.